The van der Waals surface area contributed by atoms with Crippen LogP contribution in [-0.2, 0) is 14.3 Å². The van der Waals surface area contributed by atoms with Crippen molar-refractivity contribution in [2.45, 2.75) is 58.4 Å². The zero-order valence-electron chi connectivity index (χ0n) is 17.2. The molecule has 1 N–H and O–H groups in total. The van der Waals surface area contributed by atoms with Gasteiger partial charge in [0.25, 0.3) is 5.91 Å². The molecule has 5 nitrogen and oxygen atoms in total. The van der Waals surface area contributed by atoms with Gasteiger partial charge in [-0.2, -0.15) is 0 Å². The van der Waals surface area contributed by atoms with Gasteiger partial charge < -0.3 is 14.8 Å². The molecule has 1 amide bonds. The van der Waals surface area contributed by atoms with Gasteiger partial charge in [0.15, 0.2) is 13.2 Å². The third-order valence-electron chi connectivity index (χ3n) is 7.23. The maximum absolute atomic E-state index is 12.4. The molecule has 0 saturated heterocycles. The van der Waals surface area contributed by atoms with E-state index in [1.807, 2.05) is 6.92 Å². The molecule has 158 valence electrons. The summed E-state index contributed by atoms with van der Waals surface area (Å²) in [6, 6.07) is 5.30. The van der Waals surface area contributed by atoms with Crippen LogP contribution in [0.2, 0.25) is 5.02 Å². The Morgan fingerprint density at radius 2 is 1.76 bits per heavy atom. The summed E-state index contributed by atoms with van der Waals surface area (Å²) in [6.07, 6.45) is 7.83. The largest absolute Gasteiger partial charge is 0.482 e. The fraction of sp³-hybridized carbons (Fsp3) is 0.652. The monoisotopic (exact) mass is 419 g/mol. The van der Waals surface area contributed by atoms with Crippen LogP contribution in [0.1, 0.15) is 51.0 Å². The fourth-order valence-electron chi connectivity index (χ4n) is 6.18. The topological polar surface area (TPSA) is 64.6 Å². The average Bonchev–Trinajstić information content (AvgIpc) is 2.66. The smallest absolute Gasteiger partial charge is 0.344 e. The molecule has 4 fully saturated rings. The van der Waals surface area contributed by atoms with E-state index in [4.69, 9.17) is 21.1 Å². The van der Waals surface area contributed by atoms with Crippen LogP contribution in [-0.4, -0.2) is 31.1 Å². The van der Waals surface area contributed by atoms with Crippen molar-refractivity contribution in [2.24, 2.45) is 23.2 Å². The number of nitrogens with one attached hydrogen (secondary N) is 1. The molecule has 0 radical (unpaired) electrons. The molecule has 0 unspecified atom stereocenters. The number of carbonyl (C=O) groups excluding carboxylic acids is 2. The molecule has 1 aromatic carbocycles. The second-order valence-electron chi connectivity index (χ2n) is 9.43. The Kier molecular flexibility index (Phi) is 5.78. The molecule has 4 aliphatic rings. The minimum Gasteiger partial charge on any atom is -0.482 e. The minimum absolute atomic E-state index is 0.121. The molecule has 29 heavy (non-hydrogen) atoms. The molecule has 4 saturated carbocycles. The zero-order valence-corrected chi connectivity index (χ0v) is 18.0. The summed E-state index contributed by atoms with van der Waals surface area (Å²) in [5.41, 5.74) is 1.11. The first-order valence-electron chi connectivity index (χ1n) is 10.7. The number of amides is 1. The van der Waals surface area contributed by atoms with Gasteiger partial charge in [0, 0.05) is 11.1 Å². The maximum Gasteiger partial charge on any atom is 0.344 e. The molecule has 5 rings (SSSR count). The highest BCUT2D eigenvalue weighted by molar-refractivity contribution is 6.31. The molecule has 1 aromatic rings. The first kappa shape index (κ1) is 20.5. The van der Waals surface area contributed by atoms with Crippen LogP contribution in [0.25, 0.3) is 0 Å². The lowest BCUT2D eigenvalue weighted by molar-refractivity contribution is -0.151. The van der Waals surface area contributed by atoms with Crippen LogP contribution >= 0.6 is 11.6 Å². The lowest BCUT2D eigenvalue weighted by Gasteiger charge is -2.59. The van der Waals surface area contributed by atoms with E-state index in [2.05, 4.69) is 12.2 Å². The van der Waals surface area contributed by atoms with Crippen LogP contribution in [0.3, 0.4) is 0 Å². The molecule has 4 aliphatic carbocycles. The van der Waals surface area contributed by atoms with Crippen molar-refractivity contribution < 1.29 is 19.1 Å². The van der Waals surface area contributed by atoms with Crippen LogP contribution in [0.4, 0.5) is 0 Å². The zero-order chi connectivity index (χ0) is 20.6. The summed E-state index contributed by atoms with van der Waals surface area (Å²) in [6.45, 7) is 3.49. The summed E-state index contributed by atoms with van der Waals surface area (Å²) >= 11 is 5.98. The number of benzene rings is 1. The van der Waals surface area contributed by atoms with Crippen molar-refractivity contribution in [3.63, 3.8) is 0 Å². The average molecular weight is 420 g/mol. The van der Waals surface area contributed by atoms with Gasteiger partial charge in [-0.3, -0.25) is 4.79 Å². The SMILES string of the molecule is Cc1cc(OCC(=O)OCC(=O)N[C@H](C)C23CC4CC(CC(C4)C2)C3)ccc1Cl. The third-order valence-corrected chi connectivity index (χ3v) is 7.66. The van der Waals surface area contributed by atoms with Crippen molar-refractivity contribution in [1.82, 2.24) is 5.32 Å². The highest BCUT2D eigenvalue weighted by Gasteiger charge is 2.53. The van der Waals surface area contributed by atoms with Crippen molar-refractivity contribution >= 4 is 23.5 Å². The highest BCUT2D eigenvalue weighted by atomic mass is 35.5. The Morgan fingerprint density at radius 1 is 1.14 bits per heavy atom. The van der Waals surface area contributed by atoms with Crippen molar-refractivity contribution in [3.05, 3.63) is 28.8 Å². The number of aryl methyl sites for hydroxylation is 1. The van der Waals surface area contributed by atoms with Crippen molar-refractivity contribution in [3.8, 4) is 5.75 Å². The van der Waals surface area contributed by atoms with E-state index < -0.39 is 5.97 Å². The summed E-state index contributed by atoms with van der Waals surface area (Å²) < 4.78 is 10.5. The molecule has 0 spiro atoms. The van der Waals surface area contributed by atoms with Gasteiger partial charge in [-0.1, -0.05) is 11.6 Å². The first-order valence-corrected chi connectivity index (χ1v) is 11.0. The van der Waals surface area contributed by atoms with E-state index >= 15 is 0 Å². The Hall–Kier alpha value is -1.75. The van der Waals surface area contributed by atoms with Crippen LogP contribution in [0.5, 0.6) is 5.75 Å². The fourth-order valence-corrected chi connectivity index (χ4v) is 6.30. The normalized spacial score (nSPS) is 30.7. The van der Waals surface area contributed by atoms with E-state index in [-0.39, 0.29) is 30.6 Å². The number of halogens is 1. The second kappa shape index (κ2) is 8.17. The lowest BCUT2D eigenvalue weighted by Crippen LogP contribution is -2.56. The molecule has 4 bridgehead atoms. The predicted molar refractivity (Wildman–Crippen MR) is 111 cm³/mol. The third kappa shape index (κ3) is 4.55. The quantitative estimate of drug-likeness (QED) is 0.669. The first-order chi connectivity index (χ1) is 13.8. The molecule has 0 heterocycles. The standard InChI is InChI=1S/C23H30ClNO4/c1-14-5-19(3-4-20(14)24)28-13-22(27)29-12-21(26)25-15(2)23-9-16-6-17(10-23)8-18(7-16)11-23/h3-5,15-18H,6-13H2,1-2H3,(H,25,26)/t15-,16?,17?,18?,23?/m1/s1. The van der Waals surface area contributed by atoms with Gasteiger partial charge in [-0.25, -0.2) is 4.79 Å². The van der Waals surface area contributed by atoms with Crippen molar-refractivity contribution in [2.75, 3.05) is 13.2 Å². The summed E-state index contributed by atoms with van der Waals surface area (Å²) in [5, 5.41) is 3.75. The summed E-state index contributed by atoms with van der Waals surface area (Å²) in [4.78, 5) is 24.3. The number of carbonyl (C=O) groups is 2. The van der Waals surface area contributed by atoms with E-state index in [0.29, 0.717) is 10.8 Å². The van der Waals surface area contributed by atoms with Gasteiger partial charge in [0.05, 0.1) is 0 Å². The molecule has 1 atom stereocenters. The highest BCUT2D eigenvalue weighted by Crippen LogP contribution is 2.61. The molecule has 0 aromatic heterocycles. The van der Waals surface area contributed by atoms with Crippen LogP contribution in [0.15, 0.2) is 18.2 Å². The number of rotatable bonds is 7. The number of hydrogen-bond donors (Lipinski definition) is 1. The van der Waals surface area contributed by atoms with Crippen LogP contribution in [0, 0.1) is 30.1 Å². The second-order valence-corrected chi connectivity index (χ2v) is 9.84. The Labute approximate surface area is 177 Å². The van der Waals surface area contributed by atoms with E-state index in [1.165, 1.54) is 38.5 Å². The Morgan fingerprint density at radius 3 is 2.34 bits per heavy atom. The maximum atomic E-state index is 12.4. The Balaban J connectivity index is 1.21. The van der Waals surface area contributed by atoms with Gasteiger partial charge in [0.2, 0.25) is 0 Å². The summed E-state index contributed by atoms with van der Waals surface area (Å²) in [5.74, 6) is 2.27. The molecular weight excluding hydrogens is 390 g/mol. The molecular formula is C23H30ClNO4. The van der Waals surface area contributed by atoms with E-state index in [1.54, 1.807) is 18.2 Å². The van der Waals surface area contributed by atoms with Gasteiger partial charge in [0.1, 0.15) is 5.75 Å². The number of ether oxygens (including phenoxy) is 2. The van der Waals surface area contributed by atoms with Gasteiger partial charge in [-0.05, 0) is 99.3 Å². The summed E-state index contributed by atoms with van der Waals surface area (Å²) in [7, 11) is 0. The number of esters is 1. The van der Waals surface area contributed by atoms with Gasteiger partial charge >= 0.3 is 5.97 Å². The predicted octanol–water partition coefficient (Wildman–Crippen LogP) is 4.29. The minimum atomic E-state index is -0.560. The van der Waals surface area contributed by atoms with Gasteiger partial charge in [-0.15, -0.1) is 0 Å². The lowest BCUT2D eigenvalue weighted by atomic mass is 9.48. The molecule has 6 heteroatoms. The molecule has 0 aliphatic heterocycles. The van der Waals surface area contributed by atoms with E-state index in [0.717, 1.165) is 23.3 Å². The van der Waals surface area contributed by atoms with Crippen molar-refractivity contribution in [1.29, 1.82) is 0 Å². The van der Waals surface area contributed by atoms with Crippen LogP contribution < -0.4 is 10.1 Å². The number of hydrogen-bond acceptors (Lipinski definition) is 4. The Bertz CT molecular complexity index is 758. The van der Waals surface area contributed by atoms with E-state index in [9.17, 15) is 9.59 Å².